The summed E-state index contributed by atoms with van der Waals surface area (Å²) in [7, 11) is 0. The van der Waals surface area contributed by atoms with Crippen LogP contribution in [0.15, 0.2) is 71.3 Å². The summed E-state index contributed by atoms with van der Waals surface area (Å²) in [5.74, 6) is -0.772. The SMILES string of the molecule is O=C(N[C@@H](Nc1cccc(Cl)c1Cl)C(=O)c1ccccc1)c1ccco1. The van der Waals surface area contributed by atoms with Crippen LogP contribution in [0.2, 0.25) is 10.0 Å². The second kappa shape index (κ2) is 8.08. The predicted molar refractivity (Wildman–Crippen MR) is 101 cm³/mol. The van der Waals surface area contributed by atoms with Crippen LogP contribution in [-0.4, -0.2) is 17.9 Å². The molecule has 3 rings (SSSR count). The molecule has 1 heterocycles. The molecule has 1 aromatic heterocycles. The van der Waals surface area contributed by atoms with Crippen molar-refractivity contribution in [3.63, 3.8) is 0 Å². The molecule has 0 saturated carbocycles. The summed E-state index contributed by atoms with van der Waals surface area (Å²) >= 11 is 12.2. The third-order valence-corrected chi connectivity index (χ3v) is 4.41. The van der Waals surface area contributed by atoms with E-state index >= 15 is 0 Å². The predicted octanol–water partition coefficient (Wildman–Crippen LogP) is 4.64. The second-order valence-electron chi connectivity index (χ2n) is 5.36. The van der Waals surface area contributed by atoms with Gasteiger partial charge in [-0.15, -0.1) is 0 Å². The van der Waals surface area contributed by atoms with Gasteiger partial charge in [-0.25, -0.2) is 0 Å². The lowest BCUT2D eigenvalue weighted by Gasteiger charge is -2.21. The number of hydrogen-bond acceptors (Lipinski definition) is 4. The summed E-state index contributed by atoms with van der Waals surface area (Å²) in [6.45, 7) is 0. The Morgan fingerprint density at radius 2 is 1.69 bits per heavy atom. The zero-order chi connectivity index (χ0) is 18.5. The number of anilines is 1. The van der Waals surface area contributed by atoms with Crippen LogP contribution < -0.4 is 10.6 Å². The summed E-state index contributed by atoms with van der Waals surface area (Å²) in [5, 5.41) is 6.15. The number of ketones is 1. The van der Waals surface area contributed by atoms with Crippen molar-refractivity contribution in [2.75, 3.05) is 5.32 Å². The van der Waals surface area contributed by atoms with E-state index in [-0.39, 0.29) is 16.6 Å². The van der Waals surface area contributed by atoms with E-state index in [1.54, 1.807) is 54.6 Å². The van der Waals surface area contributed by atoms with Crippen LogP contribution in [0.25, 0.3) is 0 Å². The Morgan fingerprint density at radius 3 is 2.38 bits per heavy atom. The maximum Gasteiger partial charge on any atom is 0.288 e. The van der Waals surface area contributed by atoms with Crippen LogP contribution in [0.3, 0.4) is 0 Å². The quantitative estimate of drug-likeness (QED) is 0.476. The van der Waals surface area contributed by atoms with Crippen molar-refractivity contribution < 1.29 is 14.0 Å². The maximum atomic E-state index is 12.9. The molecule has 26 heavy (non-hydrogen) atoms. The molecule has 7 heteroatoms. The van der Waals surface area contributed by atoms with Gasteiger partial charge in [-0.05, 0) is 24.3 Å². The zero-order valence-electron chi connectivity index (χ0n) is 13.4. The van der Waals surface area contributed by atoms with Gasteiger partial charge in [-0.2, -0.15) is 0 Å². The Morgan fingerprint density at radius 1 is 0.923 bits per heavy atom. The van der Waals surface area contributed by atoms with Crippen LogP contribution in [-0.2, 0) is 0 Å². The zero-order valence-corrected chi connectivity index (χ0v) is 14.9. The van der Waals surface area contributed by atoms with Gasteiger partial charge < -0.3 is 15.1 Å². The van der Waals surface area contributed by atoms with Gasteiger partial charge in [0.05, 0.1) is 22.0 Å². The molecule has 0 fully saturated rings. The highest BCUT2D eigenvalue weighted by molar-refractivity contribution is 6.43. The van der Waals surface area contributed by atoms with Crippen molar-refractivity contribution in [3.05, 3.63) is 88.3 Å². The highest BCUT2D eigenvalue weighted by Gasteiger charge is 2.24. The first-order chi connectivity index (χ1) is 12.6. The van der Waals surface area contributed by atoms with E-state index in [9.17, 15) is 9.59 Å². The van der Waals surface area contributed by atoms with Gasteiger partial charge in [0.15, 0.2) is 11.9 Å². The molecule has 3 aromatic rings. The summed E-state index contributed by atoms with van der Waals surface area (Å²) in [5.41, 5.74) is 0.857. The highest BCUT2D eigenvalue weighted by atomic mass is 35.5. The number of rotatable bonds is 6. The fraction of sp³-hybridized carbons (Fsp3) is 0.0526. The van der Waals surface area contributed by atoms with Crippen LogP contribution >= 0.6 is 23.2 Å². The van der Waals surface area contributed by atoms with E-state index in [0.717, 1.165) is 0 Å². The van der Waals surface area contributed by atoms with E-state index in [0.29, 0.717) is 16.3 Å². The van der Waals surface area contributed by atoms with Crippen LogP contribution in [0.1, 0.15) is 20.9 Å². The normalized spacial score (nSPS) is 11.6. The summed E-state index contributed by atoms with van der Waals surface area (Å²) in [6.07, 6.45) is 0.315. The average molecular weight is 389 g/mol. The molecule has 5 nitrogen and oxygen atoms in total. The molecule has 0 radical (unpaired) electrons. The topological polar surface area (TPSA) is 71.3 Å². The minimum Gasteiger partial charge on any atom is -0.459 e. The van der Waals surface area contributed by atoms with E-state index in [2.05, 4.69) is 10.6 Å². The minimum atomic E-state index is -1.06. The highest BCUT2D eigenvalue weighted by Crippen LogP contribution is 2.30. The van der Waals surface area contributed by atoms with Crippen molar-refractivity contribution in [2.24, 2.45) is 0 Å². The Balaban J connectivity index is 1.89. The van der Waals surface area contributed by atoms with Gasteiger partial charge in [0, 0.05) is 5.56 Å². The maximum absolute atomic E-state index is 12.9. The van der Waals surface area contributed by atoms with Crippen molar-refractivity contribution >= 4 is 40.6 Å². The Labute approximate surface area is 159 Å². The number of furan rings is 1. The molecule has 0 unspecified atom stereocenters. The molecule has 132 valence electrons. The first kappa shape index (κ1) is 18.0. The third kappa shape index (κ3) is 4.07. The van der Waals surface area contributed by atoms with Gasteiger partial charge in [0.2, 0.25) is 5.78 Å². The molecule has 0 aliphatic carbocycles. The van der Waals surface area contributed by atoms with Crippen LogP contribution in [0, 0.1) is 0 Å². The van der Waals surface area contributed by atoms with Crippen molar-refractivity contribution in [1.29, 1.82) is 0 Å². The Kier molecular flexibility index (Phi) is 5.61. The molecule has 0 spiro atoms. The number of halogens is 2. The van der Waals surface area contributed by atoms with E-state index in [1.165, 1.54) is 12.3 Å². The number of carbonyl (C=O) groups is 2. The first-order valence-electron chi connectivity index (χ1n) is 7.70. The van der Waals surface area contributed by atoms with E-state index in [4.69, 9.17) is 27.6 Å². The lowest BCUT2D eigenvalue weighted by Crippen LogP contribution is -2.46. The number of carbonyl (C=O) groups excluding carboxylic acids is 2. The number of amides is 1. The van der Waals surface area contributed by atoms with Crippen LogP contribution in [0.5, 0.6) is 0 Å². The first-order valence-corrected chi connectivity index (χ1v) is 8.46. The van der Waals surface area contributed by atoms with Crippen molar-refractivity contribution in [3.8, 4) is 0 Å². The molecule has 2 N–H and O–H groups in total. The molecule has 0 bridgehead atoms. The van der Waals surface area contributed by atoms with Gasteiger partial charge in [-0.3, -0.25) is 9.59 Å². The lowest BCUT2D eigenvalue weighted by molar-refractivity contribution is 0.0853. The standard InChI is InChI=1S/C19H14Cl2N2O3/c20-13-8-4-9-14(16(13)21)22-18(17(24)12-6-2-1-3-7-12)23-19(25)15-10-5-11-26-15/h1-11,18,22H,(H,23,25)/t18-/m1/s1. The molecule has 2 aromatic carbocycles. The van der Waals surface area contributed by atoms with Crippen molar-refractivity contribution in [2.45, 2.75) is 6.17 Å². The fourth-order valence-corrected chi connectivity index (χ4v) is 2.67. The monoisotopic (exact) mass is 388 g/mol. The average Bonchev–Trinajstić information content (AvgIpc) is 3.20. The minimum absolute atomic E-state index is 0.0925. The van der Waals surface area contributed by atoms with Gasteiger partial charge >= 0.3 is 0 Å². The molecule has 1 atom stereocenters. The number of Topliss-reactive ketones (excluding diaryl/α,β-unsaturated/α-hetero) is 1. The second-order valence-corrected chi connectivity index (χ2v) is 6.14. The number of benzene rings is 2. The number of hydrogen-bond donors (Lipinski definition) is 2. The number of nitrogens with one attached hydrogen (secondary N) is 2. The van der Waals surface area contributed by atoms with E-state index < -0.39 is 12.1 Å². The molecule has 1 amide bonds. The molecule has 0 aliphatic rings. The third-order valence-electron chi connectivity index (χ3n) is 3.59. The molecule has 0 saturated heterocycles. The summed E-state index contributed by atoms with van der Waals surface area (Å²) in [6, 6.07) is 16.7. The van der Waals surface area contributed by atoms with Gasteiger partial charge in [-0.1, -0.05) is 59.6 Å². The summed E-state index contributed by atoms with van der Waals surface area (Å²) in [4.78, 5) is 25.2. The fourth-order valence-electron chi connectivity index (χ4n) is 2.32. The Hall–Kier alpha value is -2.76. The lowest BCUT2D eigenvalue weighted by atomic mass is 10.1. The van der Waals surface area contributed by atoms with Crippen LogP contribution in [0.4, 0.5) is 5.69 Å². The Bertz CT molecular complexity index is 912. The summed E-state index contributed by atoms with van der Waals surface area (Å²) < 4.78 is 5.08. The molecular weight excluding hydrogens is 375 g/mol. The smallest absolute Gasteiger partial charge is 0.288 e. The largest absolute Gasteiger partial charge is 0.459 e. The molecular formula is C19H14Cl2N2O3. The van der Waals surface area contributed by atoms with E-state index in [1.807, 2.05) is 0 Å². The van der Waals surface area contributed by atoms with Gasteiger partial charge in [0.25, 0.3) is 5.91 Å². The molecule has 0 aliphatic heterocycles. The van der Waals surface area contributed by atoms with Crippen molar-refractivity contribution in [1.82, 2.24) is 5.32 Å². The van der Waals surface area contributed by atoms with Gasteiger partial charge in [0.1, 0.15) is 0 Å².